The van der Waals surface area contributed by atoms with Crippen molar-refractivity contribution in [2.75, 3.05) is 26.2 Å². The highest BCUT2D eigenvalue weighted by Gasteiger charge is 2.43. The second kappa shape index (κ2) is 13.7. The van der Waals surface area contributed by atoms with Crippen molar-refractivity contribution in [2.45, 2.75) is 31.9 Å². The number of ether oxygens (including phenoxy) is 1. The fourth-order valence-corrected chi connectivity index (χ4v) is 4.77. The highest BCUT2D eigenvalue weighted by atomic mass is 32.1. The summed E-state index contributed by atoms with van der Waals surface area (Å²) in [7, 11) is 0. The molecule has 2 aromatic heterocycles. The Morgan fingerprint density at radius 1 is 1.08 bits per heavy atom. The Morgan fingerprint density at radius 2 is 1.69 bits per heavy atom. The summed E-state index contributed by atoms with van der Waals surface area (Å²) in [6.45, 7) is 6.61. The molecule has 3 atom stereocenters. The van der Waals surface area contributed by atoms with Crippen LogP contribution in [-0.4, -0.2) is 82.6 Å². The van der Waals surface area contributed by atoms with Crippen LogP contribution >= 0.6 is 11.3 Å². The molecule has 2 aliphatic heterocycles. The van der Waals surface area contributed by atoms with E-state index < -0.39 is 24.3 Å². The molecule has 2 aliphatic rings. The Bertz CT molecular complexity index is 1090. The van der Waals surface area contributed by atoms with Crippen molar-refractivity contribution in [1.29, 1.82) is 0 Å². The summed E-state index contributed by atoms with van der Waals surface area (Å²) in [6.07, 6.45) is -6.58. The number of likely N-dealkylation sites (tertiary alicyclic amines) is 1. The number of carboxylic acid groups (broad SMARTS) is 2. The molecular formula is C23H25F6N3O6S. The van der Waals surface area contributed by atoms with E-state index >= 15 is 0 Å². The van der Waals surface area contributed by atoms with E-state index in [1.54, 1.807) is 24.5 Å². The molecule has 216 valence electrons. The number of aryl methyl sites for hydroxylation is 1. The number of hydrogen-bond acceptors (Lipinski definition) is 7. The maximum Gasteiger partial charge on any atom is 0.490 e. The second-order valence-electron chi connectivity index (χ2n) is 8.56. The van der Waals surface area contributed by atoms with Crippen LogP contribution in [0.25, 0.3) is 0 Å². The Morgan fingerprint density at radius 3 is 2.18 bits per heavy atom. The third kappa shape index (κ3) is 10.4. The zero-order valence-electron chi connectivity index (χ0n) is 20.3. The predicted molar refractivity (Wildman–Crippen MR) is 125 cm³/mol. The molecule has 3 N–H and O–H groups in total. The molecule has 4 rings (SSSR count). The Labute approximate surface area is 222 Å². The second-order valence-corrected chi connectivity index (χ2v) is 9.93. The minimum Gasteiger partial charge on any atom is -0.475 e. The van der Waals surface area contributed by atoms with Crippen molar-refractivity contribution in [3.63, 3.8) is 0 Å². The number of fused-ring (bicyclic) bond motifs is 1. The number of aromatic nitrogens is 1. The first-order valence-electron chi connectivity index (χ1n) is 11.3. The fraction of sp³-hybridized carbons (Fsp3) is 0.478. The number of thiophene rings is 1. The first-order chi connectivity index (χ1) is 18.1. The molecule has 2 aromatic rings. The normalized spacial score (nSPS) is 20.6. The first kappa shape index (κ1) is 32.0. The number of carbonyl (C=O) groups excluding carboxylic acids is 1. The third-order valence-electron chi connectivity index (χ3n) is 5.62. The van der Waals surface area contributed by atoms with Gasteiger partial charge in [-0.1, -0.05) is 0 Å². The highest BCUT2D eigenvalue weighted by Crippen LogP contribution is 2.34. The zero-order valence-corrected chi connectivity index (χ0v) is 21.1. The number of nitrogens with zero attached hydrogens (tertiary/aromatic N) is 2. The van der Waals surface area contributed by atoms with Crippen LogP contribution in [0.1, 0.15) is 20.1 Å². The molecule has 0 aliphatic carbocycles. The topological polar surface area (TPSA) is 129 Å². The van der Waals surface area contributed by atoms with Gasteiger partial charge in [-0.2, -0.15) is 26.3 Å². The van der Waals surface area contributed by atoms with Gasteiger partial charge in [-0.05, 0) is 31.2 Å². The molecule has 39 heavy (non-hydrogen) atoms. The Hall–Kier alpha value is -3.24. The SMILES string of the molecule is Cc1ccc(CN2C[C@@H]3[C@H](CNC(=O)c4cccnc4)CO[C@@H]3C2)s1.O=C(O)C(F)(F)F.O=C(O)C(F)(F)F. The molecule has 16 heteroatoms. The van der Waals surface area contributed by atoms with Gasteiger partial charge in [0.15, 0.2) is 0 Å². The molecule has 1 amide bonds. The standard InChI is InChI=1S/C19H23N3O2S.2C2HF3O2/c1-13-4-5-16(25-13)9-22-10-17-15(12-24-18(17)11-22)8-21-19(23)14-3-2-6-20-7-14;2*3-2(4,5)1(6)7/h2-7,15,17-18H,8-12H2,1H3,(H,21,23);2*(H,6,7)/t15-,17-,18-;;/m1../s1. The van der Waals surface area contributed by atoms with Gasteiger partial charge in [0, 0.05) is 60.2 Å². The van der Waals surface area contributed by atoms with Gasteiger partial charge in [0.25, 0.3) is 5.91 Å². The van der Waals surface area contributed by atoms with Crippen molar-refractivity contribution >= 4 is 29.2 Å². The van der Waals surface area contributed by atoms with Gasteiger partial charge in [0.05, 0.1) is 18.3 Å². The summed E-state index contributed by atoms with van der Waals surface area (Å²) in [5.41, 5.74) is 0.610. The van der Waals surface area contributed by atoms with Crippen LogP contribution in [0.5, 0.6) is 0 Å². The predicted octanol–water partition coefficient (Wildman–Crippen LogP) is 3.59. The average molecular weight is 586 g/mol. The number of alkyl halides is 6. The minimum absolute atomic E-state index is 0.0551. The van der Waals surface area contributed by atoms with E-state index in [2.05, 4.69) is 34.3 Å². The average Bonchev–Trinajstić information content (AvgIpc) is 3.54. The number of halogens is 6. The number of nitrogens with one attached hydrogen (secondary N) is 1. The number of hydrogen-bond donors (Lipinski definition) is 3. The number of pyridine rings is 1. The molecule has 0 unspecified atom stereocenters. The maximum atomic E-state index is 12.2. The monoisotopic (exact) mass is 585 g/mol. The van der Waals surface area contributed by atoms with E-state index in [-0.39, 0.29) is 5.91 Å². The largest absolute Gasteiger partial charge is 0.490 e. The summed E-state index contributed by atoms with van der Waals surface area (Å²) in [5, 5.41) is 17.3. The van der Waals surface area contributed by atoms with Crippen molar-refractivity contribution in [3.8, 4) is 0 Å². The number of aliphatic carboxylic acids is 2. The van der Waals surface area contributed by atoms with E-state index in [0.717, 1.165) is 26.2 Å². The van der Waals surface area contributed by atoms with Crippen molar-refractivity contribution < 1.29 is 55.7 Å². The fourth-order valence-electron chi connectivity index (χ4n) is 3.83. The van der Waals surface area contributed by atoms with Gasteiger partial charge in [0.2, 0.25) is 0 Å². The molecule has 4 heterocycles. The number of amides is 1. The van der Waals surface area contributed by atoms with Crippen molar-refractivity contribution in [3.05, 3.63) is 52.0 Å². The molecule has 0 aromatic carbocycles. The van der Waals surface area contributed by atoms with Gasteiger partial charge < -0.3 is 20.3 Å². The maximum absolute atomic E-state index is 12.2. The Kier molecular flexibility index (Phi) is 11.2. The molecule has 9 nitrogen and oxygen atoms in total. The van der Waals surface area contributed by atoms with Crippen LogP contribution in [0, 0.1) is 18.8 Å². The number of carbonyl (C=O) groups is 3. The summed E-state index contributed by atoms with van der Waals surface area (Å²) < 4.78 is 69.5. The van der Waals surface area contributed by atoms with E-state index in [9.17, 15) is 31.1 Å². The lowest BCUT2D eigenvalue weighted by atomic mass is 9.93. The number of rotatable bonds is 5. The van der Waals surface area contributed by atoms with Crippen LogP contribution in [0.4, 0.5) is 26.3 Å². The zero-order chi connectivity index (χ0) is 29.4. The van der Waals surface area contributed by atoms with Crippen LogP contribution in [0.3, 0.4) is 0 Å². The van der Waals surface area contributed by atoms with Gasteiger partial charge in [-0.25, -0.2) is 9.59 Å². The van der Waals surface area contributed by atoms with Crippen molar-refractivity contribution in [2.24, 2.45) is 11.8 Å². The summed E-state index contributed by atoms with van der Waals surface area (Å²) in [4.78, 5) is 39.3. The van der Waals surface area contributed by atoms with Crippen LogP contribution in [-0.2, 0) is 20.9 Å². The van der Waals surface area contributed by atoms with Crippen LogP contribution in [0.2, 0.25) is 0 Å². The molecule has 2 saturated heterocycles. The summed E-state index contributed by atoms with van der Waals surface area (Å²) in [5.74, 6) is -4.67. The van der Waals surface area contributed by atoms with E-state index in [1.807, 2.05) is 11.3 Å². The van der Waals surface area contributed by atoms with Gasteiger partial charge >= 0.3 is 24.3 Å². The molecule has 0 bridgehead atoms. The van der Waals surface area contributed by atoms with E-state index in [1.165, 1.54) is 9.75 Å². The molecule has 0 spiro atoms. The highest BCUT2D eigenvalue weighted by molar-refractivity contribution is 7.11. The van der Waals surface area contributed by atoms with Crippen molar-refractivity contribution in [1.82, 2.24) is 15.2 Å². The van der Waals surface area contributed by atoms with Gasteiger partial charge in [0.1, 0.15) is 0 Å². The quantitative estimate of drug-likeness (QED) is 0.455. The smallest absolute Gasteiger partial charge is 0.475 e. The van der Waals surface area contributed by atoms with E-state index in [4.69, 9.17) is 24.5 Å². The molecule has 2 fully saturated rings. The first-order valence-corrected chi connectivity index (χ1v) is 12.1. The third-order valence-corrected chi connectivity index (χ3v) is 6.61. The molecule has 0 radical (unpaired) electrons. The Balaban J connectivity index is 0.000000317. The lowest BCUT2D eigenvalue weighted by molar-refractivity contribution is -0.193. The van der Waals surface area contributed by atoms with Gasteiger partial charge in [-0.15, -0.1) is 11.3 Å². The van der Waals surface area contributed by atoms with Crippen LogP contribution in [0.15, 0.2) is 36.7 Å². The van der Waals surface area contributed by atoms with Crippen LogP contribution < -0.4 is 5.32 Å². The minimum atomic E-state index is -5.08. The lowest BCUT2D eigenvalue weighted by Gasteiger charge is -2.19. The number of carboxylic acids is 2. The van der Waals surface area contributed by atoms with Gasteiger partial charge in [-0.3, -0.25) is 14.7 Å². The molecule has 0 saturated carbocycles. The summed E-state index contributed by atoms with van der Waals surface area (Å²) >= 11 is 1.87. The van der Waals surface area contributed by atoms with E-state index in [0.29, 0.717) is 30.0 Å². The lowest BCUT2D eigenvalue weighted by Crippen LogP contribution is -2.34. The molecular weight excluding hydrogens is 560 g/mol. The summed E-state index contributed by atoms with van der Waals surface area (Å²) in [6, 6.07) is 7.98.